The highest BCUT2D eigenvalue weighted by Crippen LogP contribution is 2.25. The molecule has 0 aromatic carbocycles. The quantitative estimate of drug-likeness (QED) is 0.845. The Morgan fingerprint density at radius 2 is 2.19 bits per heavy atom. The van der Waals surface area contributed by atoms with Gasteiger partial charge >= 0.3 is 0 Å². The van der Waals surface area contributed by atoms with Gasteiger partial charge in [0.15, 0.2) is 0 Å². The molecule has 0 atom stereocenters. The van der Waals surface area contributed by atoms with Gasteiger partial charge in [-0.05, 0) is 18.9 Å². The standard InChI is InChI=1S/C12H21N3O/c1-8(2)10(7-13)6-11-9(3)14-15(4)12(11)16-5/h6,8H,7,13H2,1-5H3/b10-6-. The number of hydrogen-bond acceptors (Lipinski definition) is 3. The van der Waals surface area contributed by atoms with Crippen molar-refractivity contribution in [2.24, 2.45) is 18.7 Å². The lowest BCUT2D eigenvalue weighted by atomic mass is 10.0. The number of ether oxygens (including phenoxy) is 1. The molecule has 0 radical (unpaired) electrons. The first-order valence-corrected chi connectivity index (χ1v) is 5.49. The second kappa shape index (κ2) is 5.16. The van der Waals surface area contributed by atoms with Crippen molar-refractivity contribution in [1.82, 2.24) is 9.78 Å². The molecule has 0 aliphatic heterocycles. The molecule has 0 aliphatic carbocycles. The molecule has 0 saturated carbocycles. The molecule has 0 aliphatic rings. The maximum absolute atomic E-state index is 5.73. The Bertz CT molecular complexity index is 391. The molecule has 0 spiro atoms. The molecule has 2 N–H and O–H groups in total. The third kappa shape index (κ3) is 2.44. The van der Waals surface area contributed by atoms with Crippen LogP contribution in [0, 0.1) is 12.8 Å². The van der Waals surface area contributed by atoms with Crippen LogP contribution in [0.3, 0.4) is 0 Å². The monoisotopic (exact) mass is 223 g/mol. The summed E-state index contributed by atoms with van der Waals surface area (Å²) in [5.74, 6) is 1.22. The van der Waals surface area contributed by atoms with Gasteiger partial charge < -0.3 is 10.5 Å². The lowest BCUT2D eigenvalue weighted by molar-refractivity contribution is 0.372. The van der Waals surface area contributed by atoms with Crippen molar-refractivity contribution < 1.29 is 4.74 Å². The lowest BCUT2D eigenvalue weighted by Crippen LogP contribution is -2.08. The van der Waals surface area contributed by atoms with Gasteiger partial charge in [0.25, 0.3) is 0 Å². The maximum Gasteiger partial charge on any atom is 0.218 e. The molecule has 90 valence electrons. The summed E-state index contributed by atoms with van der Waals surface area (Å²) in [5.41, 5.74) is 8.93. The zero-order chi connectivity index (χ0) is 12.3. The van der Waals surface area contributed by atoms with Crippen molar-refractivity contribution in [3.8, 4) is 5.88 Å². The van der Waals surface area contributed by atoms with Crippen molar-refractivity contribution in [3.05, 3.63) is 16.8 Å². The van der Waals surface area contributed by atoms with Gasteiger partial charge in [0, 0.05) is 13.6 Å². The van der Waals surface area contributed by atoms with Crippen LogP contribution in [0.4, 0.5) is 0 Å². The third-order valence-electron chi connectivity index (χ3n) is 2.71. The Labute approximate surface area is 97.1 Å². The predicted octanol–water partition coefficient (Wildman–Crippen LogP) is 1.74. The number of methoxy groups -OCH3 is 1. The summed E-state index contributed by atoms with van der Waals surface area (Å²) in [5, 5.41) is 4.33. The highest BCUT2D eigenvalue weighted by molar-refractivity contribution is 5.60. The SMILES string of the molecule is COc1c(/C=C(/CN)C(C)C)c(C)nn1C. The first-order chi connectivity index (χ1) is 7.51. The van der Waals surface area contributed by atoms with Crippen molar-refractivity contribution >= 4 is 6.08 Å². The predicted molar refractivity (Wildman–Crippen MR) is 66.4 cm³/mol. The molecule has 0 unspecified atom stereocenters. The van der Waals surface area contributed by atoms with Crippen LogP contribution in [0.15, 0.2) is 5.57 Å². The molecule has 4 heteroatoms. The van der Waals surface area contributed by atoms with Gasteiger partial charge in [0.05, 0.1) is 18.4 Å². The number of nitrogens with two attached hydrogens (primary N) is 1. The second-order valence-corrected chi connectivity index (χ2v) is 4.21. The fourth-order valence-corrected chi connectivity index (χ4v) is 1.71. The zero-order valence-corrected chi connectivity index (χ0v) is 10.7. The van der Waals surface area contributed by atoms with Gasteiger partial charge in [-0.25, -0.2) is 4.68 Å². The van der Waals surface area contributed by atoms with Gasteiger partial charge in [-0.1, -0.05) is 19.4 Å². The summed E-state index contributed by atoms with van der Waals surface area (Å²) in [7, 11) is 3.53. The molecule has 1 heterocycles. The van der Waals surface area contributed by atoms with E-state index in [-0.39, 0.29) is 0 Å². The van der Waals surface area contributed by atoms with Crippen LogP contribution in [-0.2, 0) is 7.05 Å². The Balaban J connectivity index is 3.22. The molecule has 0 fully saturated rings. The van der Waals surface area contributed by atoms with Crippen molar-refractivity contribution in [1.29, 1.82) is 0 Å². The summed E-state index contributed by atoms with van der Waals surface area (Å²) < 4.78 is 7.08. The number of aryl methyl sites for hydroxylation is 2. The van der Waals surface area contributed by atoms with E-state index in [1.807, 2.05) is 14.0 Å². The van der Waals surface area contributed by atoms with E-state index in [1.165, 1.54) is 5.57 Å². The fraction of sp³-hybridized carbons (Fsp3) is 0.583. The first-order valence-electron chi connectivity index (χ1n) is 5.49. The number of rotatable bonds is 4. The van der Waals surface area contributed by atoms with Crippen LogP contribution in [0.1, 0.15) is 25.1 Å². The third-order valence-corrected chi connectivity index (χ3v) is 2.71. The van der Waals surface area contributed by atoms with Crippen molar-refractivity contribution in [3.63, 3.8) is 0 Å². The summed E-state index contributed by atoms with van der Waals surface area (Å²) in [4.78, 5) is 0. The molecule has 1 rings (SSSR count). The minimum atomic E-state index is 0.439. The Kier molecular flexibility index (Phi) is 4.12. The highest BCUT2D eigenvalue weighted by Gasteiger charge is 2.13. The largest absolute Gasteiger partial charge is 0.481 e. The van der Waals surface area contributed by atoms with Gasteiger partial charge in [-0.2, -0.15) is 5.10 Å². The number of nitrogens with zero attached hydrogens (tertiary/aromatic N) is 2. The highest BCUT2D eigenvalue weighted by atomic mass is 16.5. The van der Waals surface area contributed by atoms with E-state index >= 15 is 0 Å². The smallest absolute Gasteiger partial charge is 0.218 e. The Hall–Kier alpha value is -1.29. The molecule has 1 aromatic heterocycles. The van der Waals surface area contributed by atoms with Crippen LogP contribution in [0.5, 0.6) is 5.88 Å². The maximum atomic E-state index is 5.73. The molecular formula is C12H21N3O. The van der Waals surface area contributed by atoms with Gasteiger partial charge in [-0.15, -0.1) is 0 Å². The van der Waals surface area contributed by atoms with Crippen LogP contribution in [0.2, 0.25) is 0 Å². The topological polar surface area (TPSA) is 53.1 Å². The Morgan fingerprint density at radius 3 is 2.62 bits per heavy atom. The first kappa shape index (κ1) is 12.8. The average molecular weight is 223 g/mol. The van der Waals surface area contributed by atoms with Crippen LogP contribution < -0.4 is 10.5 Å². The van der Waals surface area contributed by atoms with Gasteiger partial charge in [-0.3, -0.25) is 0 Å². The normalized spacial score (nSPS) is 12.3. The van der Waals surface area contributed by atoms with E-state index in [0.717, 1.165) is 17.1 Å². The molecule has 0 saturated heterocycles. The average Bonchev–Trinajstić information content (AvgIpc) is 2.48. The molecule has 16 heavy (non-hydrogen) atoms. The molecule has 4 nitrogen and oxygen atoms in total. The fourth-order valence-electron chi connectivity index (χ4n) is 1.71. The van der Waals surface area contributed by atoms with Crippen LogP contribution in [0.25, 0.3) is 6.08 Å². The second-order valence-electron chi connectivity index (χ2n) is 4.21. The minimum absolute atomic E-state index is 0.439. The van der Waals surface area contributed by atoms with E-state index in [0.29, 0.717) is 12.5 Å². The summed E-state index contributed by atoms with van der Waals surface area (Å²) in [6.45, 7) is 6.81. The van der Waals surface area contributed by atoms with Crippen LogP contribution >= 0.6 is 0 Å². The van der Waals surface area contributed by atoms with E-state index < -0.39 is 0 Å². The van der Waals surface area contributed by atoms with E-state index in [2.05, 4.69) is 25.0 Å². The number of aromatic nitrogens is 2. The van der Waals surface area contributed by atoms with Crippen molar-refractivity contribution in [2.75, 3.05) is 13.7 Å². The zero-order valence-electron chi connectivity index (χ0n) is 10.7. The Morgan fingerprint density at radius 1 is 1.56 bits per heavy atom. The summed E-state index contributed by atoms with van der Waals surface area (Å²) >= 11 is 0. The van der Waals surface area contributed by atoms with Crippen LogP contribution in [-0.4, -0.2) is 23.4 Å². The lowest BCUT2D eigenvalue weighted by Gasteiger charge is -2.09. The molecule has 1 aromatic rings. The molecule has 0 amide bonds. The minimum Gasteiger partial charge on any atom is -0.481 e. The van der Waals surface area contributed by atoms with Gasteiger partial charge in [0.2, 0.25) is 5.88 Å². The molecule has 0 bridgehead atoms. The van der Waals surface area contributed by atoms with E-state index in [4.69, 9.17) is 10.5 Å². The van der Waals surface area contributed by atoms with E-state index in [9.17, 15) is 0 Å². The summed E-state index contributed by atoms with van der Waals surface area (Å²) in [6, 6.07) is 0. The molecular weight excluding hydrogens is 202 g/mol. The number of hydrogen-bond donors (Lipinski definition) is 1. The summed E-state index contributed by atoms with van der Waals surface area (Å²) in [6.07, 6.45) is 2.09. The van der Waals surface area contributed by atoms with E-state index in [1.54, 1.807) is 11.8 Å². The van der Waals surface area contributed by atoms with Crippen molar-refractivity contribution in [2.45, 2.75) is 20.8 Å². The van der Waals surface area contributed by atoms with Gasteiger partial charge in [0.1, 0.15) is 0 Å².